The minimum Gasteiger partial charge on any atom is -0.473 e. The number of carbonyl (C=O) groups is 1. The summed E-state index contributed by atoms with van der Waals surface area (Å²) >= 11 is 3.45. The largest absolute Gasteiger partial charge is 0.473 e. The van der Waals surface area contributed by atoms with Crippen LogP contribution in [-0.2, 0) is 0 Å². The Hall–Kier alpha value is -2.84. The average Bonchev–Trinajstić information content (AvgIpc) is 3.02. The molecule has 2 aromatic carbocycles. The van der Waals surface area contributed by atoms with E-state index in [0.717, 1.165) is 11.3 Å². The highest BCUT2D eigenvalue weighted by Crippen LogP contribution is 2.35. The fourth-order valence-corrected chi connectivity index (χ4v) is 3.19. The number of nitrogens with zero attached hydrogens (tertiary/aromatic N) is 2. The maximum absolute atomic E-state index is 12.6. The van der Waals surface area contributed by atoms with Crippen LogP contribution in [0.2, 0.25) is 0 Å². The van der Waals surface area contributed by atoms with E-state index in [1.807, 2.05) is 42.5 Å². The monoisotopic (exact) mass is 487 g/mol. The van der Waals surface area contributed by atoms with E-state index in [0.29, 0.717) is 22.0 Å². The highest BCUT2D eigenvalue weighted by molar-refractivity contribution is 9.10. The Morgan fingerprint density at radius 3 is 2.39 bits per heavy atom. The van der Waals surface area contributed by atoms with Gasteiger partial charge in [-0.05, 0) is 65.5 Å². The van der Waals surface area contributed by atoms with Crippen LogP contribution in [-0.4, -0.2) is 33.2 Å². The molecule has 0 bridgehead atoms. The minimum absolute atomic E-state index is 0.0312. The maximum Gasteiger partial charge on any atom is 0.418 e. The van der Waals surface area contributed by atoms with Crippen molar-refractivity contribution < 1.29 is 19.4 Å². The first-order chi connectivity index (χ1) is 14.6. The number of rotatable bonds is 7. The molecule has 3 aromatic rings. The number of carbonyl (C=O) groups excluding carboxylic acids is 1. The summed E-state index contributed by atoms with van der Waals surface area (Å²) < 4.78 is 13.1. The lowest BCUT2D eigenvalue weighted by atomic mass is 10.0. The summed E-state index contributed by atoms with van der Waals surface area (Å²) in [6.07, 6.45) is -0.663. The van der Waals surface area contributed by atoms with Gasteiger partial charge in [0, 0.05) is 0 Å². The molecule has 0 saturated carbocycles. The SMILES string of the molecule is CC(C)c1ccc(OC(=O)Nc2c(Br)c(OCC(C)(C)O)nn2-c2ccccc2)cc1. The first-order valence-electron chi connectivity index (χ1n) is 9.92. The van der Waals surface area contributed by atoms with Gasteiger partial charge in [-0.2, -0.15) is 0 Å². The summed E-state index contributed by atoms with van der Waals surface area (Å²) in [5.74, 6) is 1.41. The van der Waals surface area contributed by atoms with Gasteiger partial charge in [0.05, 0.1) is 11.3 Å². The molecular formula is C23H26BrN3O4. The molecule has 1 heterocycles. The lowest BCUT2D eigenvalue weighted by Crippen LogP contribution is -2.28. The first kappa shape index (κ1) is 22.8. The number of para-hydroxylation sites is 1. The molecule has 0 aliphatic carbocycles. The van der Waals surface area contributed by atoms with E-state index in [1.165, 1.54) is 4.68 Å². The van der Waals surface area contributed by atoms with Gasteiger partial charge in [0.2, 0.25) is 5.88 Å². The van der Waals surface area contributed by atoms with Crippen molar-refractivity contribution in [2.45, 2.75) is 39.2 Å². The molecule has 0 atom stereocenters. The van der Waals surface area contributed by atoms with E-state index in [4.69, 9.17) is 9.47 Å². The lowest BCUT2D eigenvalue weighted by Gasteiger charge is -2.16. The Kier molecular flexibility index (Phi) is 7.02. The number of halogens is 1. The van der Waals surface area contributed by atoms with Gasteiger partial charge in [0.25, 0.3) is 0 Å². The van der Waals surface area contributed by atoms with Crippen LogP contribution >= 0.6 is 15.9 Å². The molecule has 1 aromatic heterocycles. The lowest BCUT2D eigenvalue weighted by molar-refractivity contribution is 0.0264. The van der Waals surface area contributed by atoms with E-state index in [9.17, 15) is 9.90 Å². The Balaban J connectivity index is 1.84. The molecule has 164 valence electrons. The van der Waals surface area contributed by atoms with E-state index in [2.05, 4.69) is 40.2 Å². The van der Waals surface area contributed by atoms with Crippen LogP contribution in [0, 0.1) is 0 Å². The van der Waals surface area contributed by atoms with Crippen molar-refractivity contribution >= 4 is 27.8 Å². The third-order valence-electron chi connectivity index (χ3n) is 4.34. The number of nitrogens with one attached hydrogen (secondary N) is 1. The Morgan fingerprint density at radius 1 is 1.16 bits per heavy atom. The van der Waals surface area contributed by atoms with Gasteiger partial charge in [-0.3, -0.25) is 5.32 Å². The van der Waals surface area contributed by atoms with Gasteiger partial charge in [-0.1, -0.05) is 44.2 Å². The predicted molar refractivity (Wildman–Crippen MR) is 123 cm³/mol. The van der Waals surface area contributed by atoms with Crippen molar-refractivity contribution in [1.29, 1.82) is 0 Å². The number of ether oxygens (including phenoxy) is 2. The van der Waals surface area contributed by atoms with E-state index >= 15 is 0 Å². The van der Waals surface area contributed by atoms with Crippen LogP contribution in [0.1, 0.15) is 39.2 Å². The van der Waals surface area contributed by atoms with Gasteiger partial charge in [-0.15, -0.1) is 5.10 Å². The minimum atomic E-state index is -1.04. The molecule has 0 unspecified atom stereocenters. The molecule has 0 aliphatic rings. The van der Waals surface area contributed by atoms with Crippen LogP contribution in [0.5, 0.6) is 11.6 Å². The second-order valence-corrected chi connectivity index (χ2v) is 8.85. The maximum atomic E-state index is 12.6. The molecule has 0 spiro atoms. The summed E-state index contributed by atoms with van der Waals surface area (Å²) in [4.78, 5) is 12.6. The number of aromatic nitrogens is 2. The van der Waals surface area contributed by atoms with Crippen molar-refractivity contribution in [2.24, 2.45) is 0 Å². The zero-order valence-electron chi connectivity index (χ0n) is 17.9. The molecule has 0 aliphatic heterocycles. The second-order valence-electron chi connectivity index (χ2n) is 8.05. The first-order valence-corrected chi connectivity index (χ1v) is 10.7. The van der Waals surface area contributed by atoms with Crippen molar-refractivity contribution in [1.82, 2.24) is 9.78 Å². The smallest absolute Gasteiger partial charge is 0.418 e. The van der Waals surface area contributed by atoms with Crippen LogP contribution in [0.25, 0.3) is 5.69 Å². The number of amides is 1. The molecule has 2 N–H and O–H groups in total. The topological polar surface area (TPSA) is 85.6 Å². The molecule has 31 heavy (non-hydrogen) atoms. The number of hydrogen-bond donors (Lipinski definition) is 2. The normalized spacial score (nSPS) is 11.5. The third-order valence-corrected chi connectivity index (χ3v) is 5.05. The molecule has 0 saturated heterocycles. The van der Waals surface area contributed by atoms with Crippen LogP contribution in [0.3, 0.4) is 0 Å². The van der Waals surface area contributed by atoms with E-state index in [-0.39, 0.29) is 12.5 Å². The van der Waals surface area contributed by atoms with Crippen LogP contribution in [0.15, 0.2) is 59.1 Å². The summed E-state index contributed by atoms with van der Waals surface area (Å²) in [6.45, 7) is 7.50. The number of anilines is 1. The van der Waals surface area contributed by atoms with E-state index in [1.54, 1.807) is 26.0 Å². The average molecular weight is 488 g/mol. The standard InChI is InChI=1S/C23H26BrN3O4/c1-15(2)16-10-12-18(13-11-16)31-22(28)25-20-19(24)21(30-14-23(3,4)29)26-27(20)17-8-6-5-7-9-17/h5-13,15,29H,14H2,1-4H3,(H,25,28). The molecule has 1 amide bonds. The predicted octanol–water partition coefficient (Wildman–Crippen LogP) is 5.52. The van der Waals surface area contributed by atoms with E-state index < -0.39 is 11.7 Å². The molecule has 0 radical (unpaired) electrons. The fraction of sp³-hybridized carbons (Fsp3) is 0.304. The van der Waals surface area contributed by atoms with Gasteiger partial charge in [0.1, 0.15) is 16.8 Å². The van der Waals surface area contributed by atoms with Gasteiger partial charge >= 0.3 is 6.09 Å². The van der Waals surface area contributed by atoms with Gasteiger partial charge in [-0.25, -0.2) is 9.48 Å². The van der Waals surface area contributed by atoms with Crippen molar-refractivity contribution in [3.8, 4) is 17.3 Å². The van der Waals surface area contributed by atoms with Crippen molar-refractivity contribution in [3.05, 3.63) is 64.6 Å². The molecule has 7 nitrogen and oxygen atoms in total. The molecule has 0 fully saturated rings. The second kappa shape index (κ2) is 9.53. The third kappa shape index (κ3) is 6.08. The zero-order valence-corrected chi connectivity index (χ0v) is 19.5. The van der Waals surface area contributed by atoms with Crippen molar-refractivity contribution in [3.63, 3.8) is 0 Å². The summed E-state index contributed by atoms with van der Waals surface area (Å²) in [7, 11) is 0. The zero-order chi connectivity index (χ0) is 22.6. The highest BCUT2D eigenvalue weighted by Gasteiger charge is 2.23. The fourth-order valence-electron chi connectivity index (χ4n) is 2.73. The highest BCUT2D eigenvalue weighted by atomic mass is 79.9. The summed E-state index contributed by atoms with van der Waals surface area (Å²) in [5.41, 5.74) is 0.842. The summed E-state index contributed by atoms with van der Waals surface area (Å²) in [5, 5.41) is 17.1. The molecule has 8 heteroatoms. The summed E-state index contributed by atoms with van der Waals surface area (Å²) in [6, 6.07) is 16.7. The number of aliphatic hydroxyl groups is 1. The number of benzene rings is 2. The molecule has 3 rings (SSSR count). The number of hydrogen-bond acceptors (Lipinski definition) is 5. The van der Waals surface area contributed by atoms with Crippen LogP contribution in [0.4, 0.5) is 10.6 Å². The van der Waals surface area contributed by atoms with Crippen LogP contribution < -0.4 is 14.8 Å². The van der Waals surface area contributed by atoms with Gasteiger partial charge in [0.15, 0.2) is 5.82 Å². The van der Waals surface area contributed by atoms with Crippen molar-refractivity contribution in [2.75, 3.05) is 11.9 Å². The van der Waals surface area contributed by atoms with Gasteiger partial charge < -0.3 is 14.6 Å². The molecular weight excluding hydrogens is 462 g/mol. The quantitative estimate of drug-likeness (QED) is 0.458. The Morgan fingerprint density at radius 2 is 1.81 bits per heavy atom. The Labute approximate surface area is 190 Å². The Bertz CT molecular complexity index is 1030.